The topological polar surface area (TPSA) is 59.2 Å². The van der Waals surface area contributed by atoms with Crippen LogP contribution in [0, 0.1) is 19.8 Å². The maximum Gasteiger partial charge on any atom is 0.255 e. The molecule has 2 N–H and O–H groups in total. The number of amides is 1. The second kappa shape index (κ2) is 7.24. The molecular weight excluding hydrogens is 238 g/mol. The van der Waals surface area contributed by atoms with E-state index in [4.69, 9.17) is 5.73 Å². The van der Waals surface area contributed by atoms with Gasteiger partial charge < -0.3 is 10.6 Å². The van der Waals surface area contributed by atoms with Crippen LogP contribution in [0.1, 0.15) is 42.0 Å². The number of rotatable bonds is 6. The Bertz CT molecular complexity index is 429. The molecule has 19 heavy (non-hydrogen) atoms. The van der Waals surface area contributed by atoms with Crippen LogP contribution in [-0.2, 0) is 0 Å². The van der Waals surface area contributed by atoms with Gasteiger partial charge in [-0.3, -0.25) is 9.78 Å². The van der Waals surface area contributed by atoms with Gasteiger partial charge in [-0.15, -0.1) is 0 Å². The van der Waals surface area contributed by atoms with Crippen molar-refractivity contribution in [2.75, 3.05) is 19.6 Å². The molecule has 0 aromatic carbocycles. The number of hydrogen-bond acceptors (Lipinski definition) is 3. The van der Waals surface area contributed by atoms with Crippen molar-refractivity contribution >= 4 is 5.91 Å². The van der Waals surface area contributed by atoms with E-state index < -0.39 is 0 Å². The Morgan fingerprint density at radius 1 is 1.37 bits per heavy atom. The van der Waals surface area contributed by atoms with E-state index in [2.05, 4.69) is 18.8 Å². The van der Waals surface area contributed by atoms with Crippen LogP contribution < -0.4 is 5.73 Å². The summed E-state index contributed by atoms with van der Waals surface area (Å²) in [6, 6.07) is 3.76. The fraction of sp³-hybridized carbons (Fsp3) is 0.600. The summed E-state index contributed by atoms with van der Waals surface area (Å²) in [5.74, 6) is 0.507. The molecule has 0 saturated carbocycles. The van der Waals surface area contributed by atoms with Gasteiger partial charge in [-0.05, 0) is 44.9 Å². The van der Waals surface area contributed by atoms with Crippen molar-refractivity contribution in [3.8, 4) is 0 Å². The molecule has 1 aromatic heterocycles. The smallest absolute Gasteiger partial charge is 0.255 e. The maximum absolute atomic E-state index is 12.6. The quantitative estimate of drug-likeness (QED) is 0.855. The number of aromatic nitrogens is 1. The largest absolute Gasteiger partial charge is 0.338 e. The van der Waals surface area contributed by atoms with Gasteiger partial charge in [0.15, 0.2) is 0 Å². The Kier molecular flexibility index (Phi) is 5.96. The van der Waals surface area contributed by atoms with Crippen molar-refractivity contribution in [2.45, 2.75) is 34.1 Å². The van der Waals surface area contributed by atoms with E-state index in [-0.39, 0.29) is 5.91 Å². The van der Waals surface area contributed by atoms with Gasteiger partial charge in [-0.25, -0.2) is 0 Å². The zero-order valence-electron chi connectivity index (χ0n) is 12.4. The first kappa shape index (κ1) is 15.6. The van der Waals surface area contributed by atoms with Crippen LogP contribution in [0.4, 0.5) is 0 Å². The van der Waals surface area contributed by atoms with Gasteiger partial charge >= 0.3 is 0 Å². The minimum absolute atomic E-state index is 0.0622. The first-order valence-corrected chi connectivity index (χ1v) is 6.89. The molecule has 0 spiro atoms. The van der Waals surface area contributed by atoms with Gasteiger partial charge in [-0.1, -0.05) is 13.8 Å². The molecule has 106 valence electrons. The molecule has 0 saturated heterocycles. The molecule has 0 radical (unpaired) electrons. The highest BCUT2D eigenvalue weighted by Gasteiger charge is 2.18. The Labute approximate surface area is 116 Å². The zero-order valence-corrected chi connectivity index (χ0v) is 12.4. The van der Waals surface area contributed by atoms with Gasteiger partial charge in [0.1, 0.15) is 0 Å². The Morgan fingerprint density at radius 2 is 2.05 bits per heavy atom. The van der Waals surface area contributed by atoms with E-state index >= 15 is 0 Å². The minimum atomic E-state index is 0.0622. The lowest BCUT2D eigenvalue weighted by atomic mass is 10.1. The van der Waals surface area contributed by atoms with E-state index in [1.807, 2.05) is 30.9 Å². The normalized spacial score (nSPS) is 10.8. The standard InChI is InChI=1S/C15H25N3O/c1-11(2)10-18(9-5-8-16)15(19)14-7-6-12(3)17-13(14)4/h6-7,11H,5,8-10,16H2,1-4H3. The van der Waals surface area contributed by atoms with Crippen molar-refractivity contribution < 1.29 is 4.79 Å². The highest BCUT2D eigenvalue weighted by molar-refractivity contribution is 5.95. The second-order valence-electron chi connectivity index (χ2n) is 5.37. The van der Waals surface area contributed by atoms with Gasteiger partial charge in [0.2, 0.25) is 0 Å². The van der Waals surface area contributed by atoms with Gasteiger partial charge in [0.25, 0.3) is 5.91 Å². The summed E-state index contributed by atoms with van der Waals surface area (Å²) < 4.78 is 0. The van der Waals surface area contributed by atoms with E-state index in [9.17, 15) is 4.79 Å². The highest BCUT2D eigenvalue weighted by Crippen LogP contribution is 2.12. The molecule has 0 bridgehead atoms. The van der Waals surface area contributed by atoms with E-state index in [1.54, 1.807) is 0 Å². The number of aryl methyl sites for hydroxylation is 2. The monoisotopic (exact) mass is 263 g/mol. The number of hydrogen-bond donors (Lipinski definition) is 1. The molecule has 1 rings (SSSR count). The van der Waals surface area contributed by atoms with E-state index in [1.165, 1.54) is 0 Å². The fourth-order valence-corrected chi connectivity index (χ4v) is 2.08. The third-order valence-corrected chi connectivity index (χ3v) is 2.96. The molecule has 1 aromatic rings. The van der Waals surface area contributed by atoms with Crippen LogP contribution in [0.2, 0.25) is 0 Å². The number of nitrogens with two attached hydrogens (primary N) is 1. The molecule has 0 unspecified atom stereocenters. The maximum atomic E-state index is 12.6. The highest BCUT2D eigenvalue weighted by atomic mass is 16.2. The molecular formula is C15H25N3O. The summed E-state index contributed by atoms with van der Waals surface area (Å²) in [5.41, 5.74) is 7.98. The molecule has 4 heteroatoms. The summed E-state index contributed by atoms with van der Waals surface area (Å²) in [5, 5.41) is 0. The van der Waals surface area contributed by atoms with Crippen molar-refractivity contribution in [1.29, 1.82) is 0 Å². The predicted octanol–water partition coefficient (Wildman–Crippen LogP) is 2.15. The lowest BCUT2D eigenvalue weighted by molar-refractivity contribution is 0.0734. The Morgan fingerprint density at radius 3 is 2.58 bits per heavy atom. The number of nitrogens with zero attached hydrogens (tertiary/aromatic N) is 2. The third-order valence-electron chi connectivity index (χ3n) is 2.96. The second-order valence-corrected chi connectivity index (χ2v) is 5.37. The van der Waals surface area contributed by atoms with Crippen LogP contribution >= 0.6 is 0 Å². The minimum Gasteiger partial charge on any atom is -0.338 e. The average Bonchev–Trinajstić information content (AvgIpc) is 2.33. The van der Waals surface area contributed by atoms with Crippen LogP contribution in [-0.4, -0.2) is 35.4 Å². The fourth-order valence-electron chi connectivity index (χ4n) is 2.08. The Balaban J connectivity index is 2.90. The van der Waals surface area contributed by atoms with Gasteiger partial charge in [0, 0.05) is 18.8 Å². The van der Waals surface area contributed by atoms with E-state index in [0.717, 1.165) is 24.4 Å². The lowest BCUT2D eigenvalue weighted by Crippen LogP contribution is -2.36. The summed E-state index contributed by atoms with van der Waals surface area (Å²) in [4.78, 5) is 18.8. The van der Waals surface area contributed by atoms with Crippen LogP contribution in [0.25, 0.3) is 0 Å². The summed E-state index contributed by atoms with van der Waals surface area (Å²) in [6.07, 6.45) is 0.830. The number of carbonyl (C=O) groups excluding carboxylic acids is 1. The number of pyridine rings is 1. The van der Waals surface area contributed by atoms with E-state index in [0.29, 0.717) is 24.6 Å². The van der Waals surface area contributed by atoms with Gasteiger partial charge in [-0.2, -0.15) is 0 Å². The first-order valence-electron chi connectivity index (χ1n) is 6.89. The van der Waals surface area contributed by atoms with Crippen LogP contribution in [0.5, 0.6) is 0 Å². The van der Waals surface area contributed by atoms with Crippen molar-refractivity contribution in [2.24, 2.45) is 11.7 Å². The summed E-state index contributed by atoms with van der Waals surface area (Å²) >= 11 is 0. The number of carbonyl (C=O) groups is 1. The predicted molar refractivity (Wildman–Crippen MR) is 78.1 cm³/mol. The lowest BCUT2D eigenvalue weighted by Gasteiger charge is -2.25. The first-order chi connectivity index (χ1) is 8.95. The molecule has 0 fully saturated rings. The summed E-state index contributed by atoms with van der Waals surface area (Å²) in [7, 11) is 0. The molecule has 0 aliphatic heterocycles. The van der Waals surface area contributed by atoms with Crippen LogP contribution in [0.3, 0.4) is 0 Å². The molecule has 1 amide bonds. The average molecular weight is 263 g/mol. The molecule has 0 aliphatic rings. The zero-order chi connectivity index (χ0) is 14.4. The molecule has 1 heterocycles. The van der Waals surface area contributed by atoms with Crippen molar-refractivity contribution in [3.63, 3.8) is 0 Å². The van der Waals surface area contributed by atoms with Crippen molar-refractivity contribution in [3.05, 3.63) is 29.1 Å². The molecule has 0 atom stereocenters. The molecule has 0 aliphatic carbocycles. The third kappa shape index (κ3) is 4.63. The Hall–Kier alpha value is -1.42. The SMILES string of the molecule is Cc1ccc(C(=O)N(CCCN)CC(C)C)c(C)n1. The van der Waals surface area contributed by atoms with Crippen molar-refractivity contribution in [1.82, 2.24) is 9.88 Å². The molecule has 4 nitrogen and oxygen atoms in total. The van der Waals surface area contributed by atoms with Crippen LogP contribution in [0.15, 0.2) is 12.1 Å². The van der Waals surface area contributed by atoms with Gasteiger partial charge in [0.05, 0.1) is 11.3 Å². The summed E-state index contributed by atoms with van der Waals surface area (Å²) in [6.45, 7) is 10.1.